The summed E-state index contributed by atoms with van der Waals surface area (Å²) in [5.41, 5.74) is 1.37. The van der Waals surface area contributed by atoms with Crippen LogP contribution in [0, 0.1) is 10.8 Å². The van der Waals surface area contributed by atoms with Crippen LogP contribution in [0.3, 0.4) is 0 Å². The van der Waals surface area contributed by atoms with Crippen LogP contribution in [-0.2, 0) is 0 Å². The highest BCUT2D eigenvalue weighted by atomic mass is 16.3. The van der Waals surface area contributed by atoms with Gasteiger partial charge in [0.15, 0.2) is 0 Å². The Hall–Kier alpha value is -0.640. The summed E-state index contributed by atoms with van der Waals surface area (Å²) in [7, 11) is 0. The minimum Gasteiger partial charge on any atom is -0.392 e. The molecule has 0 aromatic carbocycles. The molecule has 3 atom stereocenters. The highest BCUT2D eigenvalue weighted by molar-refractivity contribution is 5.29. The Morgan fingerprint density at radius 1 is 1.39 bits per heavy atom. The Bertz CT molecular complexity index is 383. The number of allylic oxidation sites excluding steroid dienone is 1. The second-order valence-corrected chi connectivity index (χ2v) is 6.32. The summed E-state index contributed by atoms with van der Waals surface area (Å²) >= 11 is 0. The molecule has 0 aromatic heterocycles. The molecule has 3 nitrogen and oxygen atoms in total. The fourth-order valence-electron chi connectivity index (χ4n) is 3.62. The highest BCUT2D eigenvalue weighted by Crippen LogP contribution is 2.59. The quantitative estimate of drug-likeness (QED) is 0.623. The smallest absolute Gasteiger partial charge is 0.0778 e. The van der Waals surface area contributed by atoms with Crippen molar-refractivity contribution in [1.29, 1.82) is 0 Å². The second-order valence-electron chi connectivity index (χ2n) is 6.32. The summed E-state index contributed by atoms with van der Waals surface area (Å²) in [4.78, 5) is 0. The third kappa shape index (κ3) is 1.77. The van der Waals surface area contributed by atoms with Crippen LogP contribution < -0.4 is 0 Å². The van der Waals surface area contributed by atoms with Gasteiger partial charge in [-0.05, 0) is 30.4 Å². The van der Waals surface area contributed by atoms with E-state index in [1.807, 2.05) is 0 Å². The molecule has 2 aliphatic rings. The molecule has 0 saturated heterocycles. The largest absolute Gasteiger partial charge is 0.392 e. The first-order chi connectivity index (χ1) is 8.35. The summed E-state index contributed by atoms with van der Waals surface area (Å²) in [6, 6.07) is 0. The van der Waals surface area contributed by atoms with Crippen LogP contribution in [0.4, 0.5) is 0 Å². The van der Waals surface area contributed by atoms with E-state index in [0.717, 1.165) is 30.4 Å². The molecule has 3 N–H and O–H groups in total. The number of rotatable bonds is 1. The first-order valence-corrected chi connectivity index (χ1v) is 6.69. The predicted molar refractivity (Wildman–Crippen MR) is 71.0 cm³/mol. The van der Waals surface area contributed by atoms with E-state index in [2.05, 4.69) is 26.5 Å². The Balaban J connectivity index is 2.39. The third-order valence-corrected chi connectivity index (χ3v) is 5.35. The molecule has 0 bridgehead atoms. The van der Waals surface area contributed by atoms with Crippen molar-refractivity contribution in [2.75, 3.05) is 6.61 Å². The average Bonchev–Trinajstić information content (AvgIpc) is 2.36. The van der Waals surface area contributed by atoms with Gasteiger partial charge in [-0.15, -0.1) is 0 Å². The summed E-state index contributed by atoms with van der Waals surface area (Å²) in [6.45, 7) is 8.33. The zero-order valence-corrected chi connectivity index (χ0v) is 11.3. The van der Waals surface area contributed by atoms with Crippen molar-refractivity contribution in [2.45, 2.75) is 51.7 Å². The Morgan fingerprint density at radius 2 is 2.06 bits per heavy atom. The van der Waals surface area contributed by atoms with Crippen molar-refractivity contribution < 1.29 is 15.3 Å². The van der Waals surface area contributed by atoms with E-state index in [-0.39, 0.29) is 17.4 Å². The molecule has 2 aliphatic carbocycles. The van der Waals surface area contributed by atoms with Crippen molar-refractivity contribution in [3.05, 3.63) is 23.8 Å². The van der Waals surface area contributed by atoms with Gasteiger partial charge in [0, 0.05) is 17.3 Å². The topological polar surface area (TPSA) is 60.7 Å². The maximum Gasteiger partial charge on any atom is 0.0778 e. The lowest BCUT2D eigenvalue weighted by Crippen LogP contribution is -2.55. The van der Waals surface area contributed by atoms with E-state index in [4.69, 9.17) is 0 Å². The molecule has 0 unspecified atom stereocenters. The number of hydrogen-bond donors (Lipinski definition) is 3. The lowest BCUT2D eigenvalue weighted by atomic mass is 9.49. The van der Waals surface area contributed by atoms with Gasteiger partial charge in [0.25, 0.3) is 0 Å². The van der Waals surface area contributed by atoms with Gasteiger partial charge in [-0.3, -0.25) is 0 Å². The van der Waals surface area contributed by atoms with Crippen molar-refractivity contribution in [2.24, 2.45) is 10.8 Å². The van der Waals surface area contributed by atoms with Crippen LogP contribution in [-0.4, -0.2) is 34.1 Å². The van der Waals surface area contributed by atoms with Crippen molar-refractivity contribution in [3.8, 4) is 0 Å². The van der Waals surface area contributed by atoms with Gasteiger partial charge in [-0.25, -0.2) is 0 Å². The number of aliphatic hydroxyl groups is 3. The fraction of sp³-hybridized carbons (Fsp3) is 0.733. The van der Waals surface area contributed by atoms with Gasteiger partial charge in [0.2, 0.25) is 0 Å². The monoisotopic (exact) mass is 252 g/mol. The van der Waals surface area contributed by atoms with Gasteiger partial charge in [0.05, 0.1) is 18.8 Å². The second kappa shape index (κ2) is 4.48. The van der Waals surface area contributed by atoms with E-state index >= 15 is 0 Å². The van der Waals surface area contributed by atoms with E-state index in [0.29, 0.717) is 6.42 Å². The predicted octanol–water partition coefficient (Wildman–Crippen LogP) is 1.78. The molecule has 0 radical (unpaired) electrons. The Labute approximate surface area is 109 Å². The zero-order valence-electron chi connectivity index (χ0n) is 11.3. The Morgan fingerprint density at radius 3 is 2.56 bits per heavy atom. The molecular formula is C15H24O3. The SMILES string of the molecule is C=C1[C@@H](O)C[C@H](O)C(C)(C)[C@]12CC=C(CO)CC2. The maximum absolute atomic E-state index is 10.3. The molecule has 0 heterocycles. The number of hydrogen-bond acceptors (Lipinski definition) is 3. The molecule has 18 heavy (non-hydrogen) atoms. The molecule has 1 saturated carbocycles. The van der Waals surface area contributed by atoms with E-state index < -0.39 is 12.2 Å². The lowest BCUT2D eigenvalue weighted by Gasteiger charge is -2.56. The molecular weight excluding hydrogens is 228 g/mol. The van der Waals surface area contributed by atoms with Gasteiger partial charge < -0.3 is 15.3 Å². The van der Waals surface area contributed by atoms with Crippen molar-refractivity contribution >= 4 is 0 Å². The summed E-state index contributed by atoms with van der Waals surface area (Å²) in [6.07, 6.45) is 3.73. The maximum atomic E-state index is 10.3. The highest BCUT2D eigenvalue weighted by Gasteiger charge is 2.55. The minimum absolute atomic E-state index is 0.105. The van der Waals surface area contributed by atoms with E-state index in [1.165, 1.54) is 0 Å². The molecule has 1 spiro atoms. The molecule has 3 heteroatoms. The van der Waals surface area contributed by atoms with Gasteiger partial charge >= 0.3 is 0 Å². The molecule has 2 rings (SSSR count). The summed E-state index contributed by atoms with van der Waals surface area (Å²) < 4.78 is 0. The van der Waals surface area contributed by atoms with Crippen molar-refractivity contribution in [3.63, 3.8) is 0 Å². The third-order valence-electron chi connectivity index (χ3n) is 5.35. The van der Waals surface area contributed by atoms with Crippen LogP contribution in [0.5, 0.6) is 0 Å². The average molecular weight is 252 g/mol. The fourth-order valence-corrected chi connectivity index (χ4v) is 3.62. The summed E-state index contributed by atoms with van der Waals surface area (Å²) in [5.74, 6) is 0. The van der Waals surface area contributed by atoms with Gasteiger partial charge in [0.1, 0.15) is 0 Å². The molecule has 0 aliphatic heterocycles. The van der Waals surface area contributed by atoms with Gasteiger partial charge in [-0.1, -0.05) is 26.5 Å². The lowest BCUT2D eigenvalue weighted by molar-refractivity contribution is -0.0963. The van der Waals surface area contributed by atoms with E-state index in [9.17, 15) is 15.3 Å². The van der Waals surface area contributed by atoms with Crippen LogP contribution >= 0.6 is 0 Å². The minimum atomic E-state index is -0.614. The Kier molecular flexibility index (Phi) is 3.43. The molecule has 0 aromatic rings. The van der Waals surface area contributed by atoms with Crippen LogP contribution in [0.15, 0.2) is 23.8 Å². The van der Waals surface area contributed by atoms with Crippen LogP contribution in [0.1, 0.15) is 39.5 Å². The van der Waals surface area contributed by atoms with E-state index in [1.54, 1.807) is 0 Å². The standard InChI is InChI=1S/C15H24O3/c1-10-12(17)8-13(18)14(2,3)15(10)6-4-11(9-16)5-7-15/h4,12-13,16-18H,1,5-9H2,2-3H3/t12-,13-,15-/m0/s1. The molecule has 0 amide bonds. The molecule has 1 fully saturated rings. The number of aliphatic hydroxyl groups excluding tert-OH is 3. The molecule has 102 valence electrons. The first kappa shape index (κ1) is 13.8. The van der Waals surface area contributed by atoms with Crippen LogP contribution in [0.2, 0.25) is 0 Å². The van der Waals surface area contributed by atoms with Crippen LogP contribution in [0.25, 0.3) is 0 Å². The first-order valence-electron chi connectivity index (χ1n) is 6.69. The zero-order chi connectivity index (χ0) is 13.6. The summed E-state index contributed by atoms with van der Waals surface area (Å²) in [5, 5.41) is 29.6. The normalized spacial score (nSPS) is 39.8. The van der Waals surface area contributed by atoms with Crippen molar-refractivity contribution in [1.82, 2.24) is 0 Å². The van der Waals surface area contributed by atoms with Gasteiger partial charge in [-0.2, -0.15) is 0 Å².